The van der Waals surface area contributed by atoms with E-state index in [1.54, 1.807) is 6.20 Å². The normalized spacial score (nSPS) is 24.8. The highest BCUT2D eigenvalue weighted by Gasteiger charge is 2.56. The van der Waals surface area contributed by atoms with Crippen molar-refractivity contribution in [2.75, 3.05) is 13.6 Å². The number of rotatable bonds is 11. The molecule has 3 fully saturated rings. The van der Waals surface area contributed by atoms with Gasteiger partial charge in [0.25, 0.3) is 5.91 Å². The van der Waals surface area contributed by atoms with E-state index in [1.165, 1.54) is 11.9 Å². The number of Topliss-reactive ketones (excluding diaryl/α,β-unsaturated/α-hetero) is 1. The zero-order valence-corrected chi connectivity index (χ0v) is 30.1. The number of aromatic nitrogens is 1. The number of pyridine rings is 1. The molecule has 12 heteroatoms. The number of oxime groups is 1. The van der Waals surface area contributed by atoms with Gasteiger partial charge in [-0.05, 0) is 41.7 Å². The topological polar surface area (TPSA) is 159 Å². The number of hydrogen-bond donors (Lipinski definition) is 3. The van der Waals surface area contributed by atoms with Crippen molar-refractivity contribution in [3.05, 3.63) is 78.0 Å². The minimum atomic E-state index is -1.05. The molecule has 4 amide bonds. The van der Waals surface area contributed by atoms with Gasteiger partial charge in [0, 0.05) is 43.0 Å². The number of nitrogens with zero attached hydrogens (tertiary/aromatic N) is 3. The lowest BCUT2D eigenvalue weighted by atomic mass is 9.85. The standard InChI is InChI=1S/C40H46N6O6/c1-39(2,3)34(44-35(48)28-19-27(28)24-10-6-5-7-11-24)38(51)46-22-40(20-30(45-52-40)26-14-8-12-25-13-9-17-42-32(25)26)21-31(46)36(49)43-29(18-23-15-16-23)33(47)37(50)41-4/h5-14,17,23,27-29,31,34H,15-16,18-22H2,1-4H3,(H,41,50)(H,43,49)(H,44,48)/t27-,28+,29-,31-,34+,40+/m0/s1. The Kier molecular flexibility index (Phi) is 9.35. The Labute approximate surface area is 303 Å². The van der Waals surface area contributed by atoms with Crippen LogP contribution in [0.5, 0.6) is 0 Å². The first-order valence-electron chi connectivity index (χ1n) is 18.2. The molecule has 0 unspecified atom stereocenters. The SMILES string of the molecule is CNC(=O)C(=O)[C@H](CC1CC1)NC(=O)[C@@H]1C[C@]2(CC(c3cccc4cccnc34)=NO2)CN1C(=O)[C@@H](NC(=O)[C@@H]1C[C@H]1c1ccccc1)C(C)(C)C. The van der Waals surface area contributed by atoms with E-state index >= 15 is 0 Å². The van der Waals surface area contributed by atoms with Gasteiger partial charge in [0.1, 0.15) is 12.1 Å². The van der Waals surface area contributed by atoms with Crippen molar-refractivity contribution < 1.29 is 28.8 Å². The second-order valence-electron chi connectivity index (χ2n) is 15.9. The van der Waals surface area contributed by atoms with Gasteiger partial charge >= 0.3 is 0 Å². The van der Waals surface area contributed by atoms with Crippen molar-refractivity contribution in [3.63, 3.8) is 0 Å². The molecule has 3 heterocycles. The fourth-order valence-electron chi connectivity index (χ4n) is 7.70. The van der Waals surface area contributed by atoms with Crippen LogP contribution in [0.1, 0.15) is 76.3 Å². The lowest BCUT2D eigenvalue weighted by molar-refractivity contribution is -0.145. The highest BCUT2D eigenvalue weighted by atomic mass is 16.7. The first kappa shape index (κ1) is 35.3. The second-order valence-corrected chi connectivity index (χ2v) is 15.9. The van der Waals surface area contributed by atoms with Crippen LogP contribution in [0.15, 0.2) is 72.0 Å². The van der Waals surface area contributed by atoms with E-state index in [0.717, 1.165) is 34.9 Å². The number of para-hydroxylation sites is 1. The molecule has 4 aliphatic rings. The van der Waals surface area contributed by atoms with Gasteiger partial charge in [-0.15, -0.1) is 0 Å². The van der Waals surface area contributed by atoms with E-state index in [1.807, 2.05) is 81.4 Å². The number of nitrogens with one attached hydrogen (secondary N) is 3. The number of fused-ring (bicyclic) bond motifs is 1. The maximum Gasteiger partial charge on any atom is 0.289 e. The Balaban J connectivity index is 1.16. The molecule has 2 saturated carbocycles. The summed E-state index contributed by atoms with van der Waals surface area (Å²) in [5.74, 6) is -2.63. The summed E-state index contributed by atoms with van der Waals surface area (Å²) >= 11 is 0. The van der Waals surface area contributed by atoms with E-state index < -0.39 is 52.6 Å². The van der Waals surface area contributed by atoms with Gasteiger partial charge < -0.3 is 25.7 Å². The highest BCUT2D eigenvalue weighted by molar-refractivity contribution is 6.38. The Hall–Kier alpha value is -5.13. The predicted molar refractivity (Wildman–Crippen MR) is 194 cm³/mol. The summed E-state index contributed by atoms with van der Waals surface area (Å²) in [5, 5.41) is 13.7. The number of amides is 4. The minimum Gasteiger partial charge on any atom is -0.387 e. The summed E-state index contributed by atoms with van der Waals surface area (Å²) in [6.07, 6.45) is 5.00. The largest absolute Gasteiger partial charge is 0.387 e. The molecule has 2 aliphatic carbocycles. The number of likely N-dealkylation sites (N-methyl/N-ethyl adjacent to an activating group) is 1. The number of likely N-dealkylation sites (tertiary alicyclic amines) is 1. The van der Waals surface area contributed by atoms with E-state index in [9.17, 15) is 24.0 Å². The molecular formula is C40H46N6O6. The van der Waals surface area contributed by atoms with Crippen LogP contribution in [-0.2, 0) is 28.8 Å². The van der Waals surface area contributed by atoms with Gasteiger partial charge in [-0.1, -0.05) is 93.4 Å². The Bertz CT molecular complexity index is 1930. The molecule has 2 aliphatic heterocycles. The van der Waals surface area contributed by atoms with Crippen LogP contribution in [0, 0.1) is 17.3 Å². The van der Waals surface area contributed by atoms with E-state index in [-0.39, 0.29) is 36.6 Å². The fraction of sp³-hybridized carbons (Fsp3) is 0.475. The summed E-state index contributed by atoms with van der Waals surface area (Å²) in [7, 11) is 1.38. The molecule has 2 aromatic carbocycles. The highest BCUT2D eigenvalue weighted by Crippen LogP contribution is 2.48. The smallest absolute Gasteiger partial charge is 0.289 e. The number of carbonyl (C=O) groups excluding carboxylic acids is 5. The molecule has 3 aromatic rings. The van der Waals surface area contributed by atoms with Crippen LogP contribution >= 0.6 is 0 Å². The van der Waals surface area contributed by atoms with Gasteiger partial charge in [0.15, 0.2) is 5.60 Å². The van der Waals surface area contributed by atoms with Crippen molar-refractivity contribution in [1.29, 1.82) is 0 Å². The van der Waals surface area contributed by atoms with Crippen molar-refractivity contribution in [3.8, 4) is 0 Å². The molecule has 272 valence electrons. The van der Waals surface area contributed by atoms with Crippen molar-refractivity contribution in [2.24, 2.45) is 22.4 Å². The molecule has 1 saturated heterocycles. The molecule has 0 radical (unpaired) electrons. The molecule has 6 atom stereocenters. The third kappa shape index (κ3) is 7.15. The van der Waals surface area contributed by atoms with Gasteiger partial charge in [-0.25, -0.2) is 0 Å². The summed E-state index contributed by atoms with van der Waals surface area (Å²) in [6, 6.07) is 16.5. The first-order valence-corrected chi connectivity index (χ1v) is 18.2. The molecule has 12 nitrogen and oxygen atoms in total. The summed E-state index contributed by atoms with van der Waals surface area (Å²) < 4.78 is 0. The van der Waals surface area contributed by atoms with E-state index in [0.29, 0.717) is 25.0 Å². The Morgan fingerprint density at radius 2 is 1.71 bits per heavy atom. The fourth-order valence-corrected chi connectivity index (χ4v) is 7.70. The molecule has 0 bridgehead atoms. The van der Waals surface area contributed by atoms with E-state index in [4.69, 9.17) is 4.84 Å². The van der Waals surface area contributed by atoms with Crippen LogP contribution in [-0.4, -0.2) is 82.3 Å². The maximum atomic E-state index is 14.8. The average molecular weight is 707 g/mol. The van der Waals surface area contributed by atoms with Gasteiger partial charge in [-0.3, -0.25) is 29.0 Å². The predicted octanol–water partition coefficient (Wildman–Crippen LogP) is 3.63. The molecule has 3 N–H and O–H groups in total. The summed E-state index contributed by atoms with van der Waals surface area (Å²) in [5.41, 5.74) is 1.56. The van der Waals surface area contributed by atoms with Crippen molar-refractivity contribution in [2.45, 2.75) is 88.9 Å². The van der Waals surface area contributed by atoms with Crippen LogP contribution in [0.25, 0.3) is 10.9 Å². The van der Waals surface area contributed by atoms with Gasteiger partial charge in [0.05, 0.1) is 23.8 Å². The van der Waals surface area contributed by atoms with Crippen LogP contribution in [0.3, 0.4) is 0 Å². The second kappa shape index (κ2) is 13.8. The van der Waals surface area contributed by atoms with E-state index in [2.05, 4.69) is 26.1 Å². The first-order chi connectivity index (χ1) is 24.9. The number of benzene rings is 2. The van der Waals surface area contributed by atoms with Crippen LogP contribution in [0.2, 0.25) is 0 Å². The number of carbonyl (C=O) groups is 5. The van der Waals surface area contributed by atoms with Gasteiger partial charge in [0.2, 0.25) is 23.5 Å². The Morgan fingerprint density at radius 3 is 2.42 bits per heavy atom. The molecule has 1 aromatic heterocycles. The lowest BCUT2D eigenvalue weighted by Crippen LogP contribution is -2.59. The third-order valence-electron chi connectivity index (χ3n) is 10.9. The Morgan fingerprint density at radius 1 is 0.962 bits per heavy atom. The van der Waals surface area contributed by atoms with Crippen LogP contribution < -0.4 is 16.0 Å². The van der Waals surface area contributed by atoms with Crippen LogP contribution in [0.4, 0.5) is 0 Å². The number of hydrogen-bond acceptors (Lipinski definition) is 8. The number of ketones is 1. The minimum absolute atomic E-state index is 0.0321. The average Bonchev–Trinajstić information content (AvgIpc) is 4.07. The summed E-state index contributed by atoms with van der Waals surface area (Å²) in [6.45, 7) is 5.68. The quantitative estimate of drug-likeness (QED) is 0.257. The van der Waals surface area contributed by atoms with Gasteiger partial charge in [-0.2, -0.15) is 0 Å². The van der Waals surface area contributed by atoms with Crippen molar-refractivity contribution >= 4 is 46.0 Å². The summed E-state index contributed by atoms with van der Waals surface area (Å²) in [4.78, 5) is 80.5. The zero-order valence-electron chi connectivity index (χ0n) is 30.1. The lowest BCUT2D eigenvalue weighted by Gasteiger charge is -2.35. The molecule has 7 rings (SSSR count). The zero-order chi connectivity index (χ0) is 36.8. The molecule has 52 heavy (non-hydrogen) atoms. The third-order valence-corrected chi connectivity index (χ3v) is 10.9. The molecular weight excluding hydrogens is 660 g/mol. The molecule has 1 spiro atoms. The van der Waals surface area contributed by atoms with Crippen molar-refractivity contribution in [1.82, 2.24) is 25.8 Å². The maximum absolute atomic E-state index is 14.8. The monoisotopic (exact) mass is 706 g/mol.